The third-order valence-electron chi connectivity index (χ3n) is 11.0. The Hall–Kier alpha value is -6.76. The predicted molar refractivity (Wildman–Crippen MR) is 230 cm³/mol. The fourth-order valence-corrected chi connectivity index (χ4v) is 8.22. The minimum Gasteiger partial charge on any atom is -0.354 e. The van der Waals surface area contributed by atoms with E-state index in [-0.39, 0.29) is 23.7 Å². The number of benzene rings is 4. The number of H-pyrrole nitrogens is 2. The molecule has 2 aliphatic rings. The van der Waals surface area contributed by atoms with Gasteiger partial charge >= 0.3 is 0 Å². The van der Waals surface area contributed by atoms with Crippen LogP contribution in [-0.2, 0) is 6.54 Å². The zero-order chi connectivity index (χ0) is 40.0. The van der Waals surface area contributed by atoms with Crippen LogP contribution in [0.25, 0.3) is 27.8 Å². The Morgan fingerprint density at radius 3 is 2.05 bits per heavy atom. The number of halogens is 2. The van der Waals surface area contributed by atoms with Gasteiger partial charge in [0.15, 0.2) is 0 Å². The van der Waals surface area contributed by atoms with E-state index in [0.717, 1.165) is 50.8 Å². The topological polar surface area (TPSA) is 139 Å². The molecular formula is C45H37Cl2N10O2+. The molecule has 0 bridgehead atoms. The highest BCUT2D eigenvalue weighted by Crippen LogP contribution is 2.35. The number of rotatable bonds is 10. The fourth-order valence-electron chi connectivity index (χ4n) is 7.88. The first-order chi connectivity index (χ1) is 28.8. The number of nitrogens with one attached hydrogen (secondary N) is 4. The van der Waals surface area contributed by atoms with E-state index in [4.69, 9.17) is 33.2 Å². The standard InChI is InChI=1S/C45H36Cl2N10O2/c46-30-13-15-36-38(19-30)53-40(51-36)28-23-55(24-28)42-34(11-5-17-48-42)44(59)50-32-9-4-10-33(21-32)57-18-6-12-35(43(58)49-22-27-7-2-1-3-8-27)45(57)56-25-29(26-56)41-52-37-16-14-31(47)20-39(37)54-41/h1-21,28-29H,22-26H2,(H3-,49,50,51,52,53,54,58,59)/p+1. The van der Waals surface area contributed by atoms with Crippen LogP contribution < -0.4 is 25.0 Å². The van der Waals surface area contributed by atoms with E-state index in [1.54, 1.807) is 18.3 Å². The Bertz CT molecular complexity index is 2880. The lowest BCUT2D eigenvalue weighted by Gasteiger charge is -2.39. The van der Waals surface area contributed by atoms with E-state index in [0.29, 0.717) is 65.4 Å². The van der Waals surface area contributed by atoms with E-state index in [9.17, 15) is 9.59 Å². The maximum absolute atomic E-state index is 14.0. The highest BCUT2D eigenvalue weighted by atomic mass is 35.5. The van der Waals surface area contributed by atoms with E-state index in [2.05, 4.69) is 35.4 Å². The normalized spacial score (nSPS) is 14.3. The zero-order valence-corrected chi connectivity index (χ0v) is 33.1. The highest BCUT2D eigenvalue weighted by Gasteiger charge is 2.41. The summed E-state index contributed by atoms with van der Waals surface area (Å²) in [5.74, 6) is 2.94. The van der Waals surface area contributed by atoms with Gasteiger partial charge in [-0.3, -0.25) is 14.5 Å². The summed E-state index contributed by atoms with van der Waals surface area (Å²) >= 11 is 12.4. The quantitative estimate of drug-likeness (QED) is 0.103. The molecule has 0 aliphatic carbocycles. The summed E-state index contributed by atoms with van der Waals surface area (Å²) in [7, 11) is 0. The monoisotopic (exact) mass is 819 g/mol. The van der Waals surface area contributed by atoms with Gasteiger partial charge < -0.3 is 25.5 Å². The van der Waals surface area contributed by atoms with Crippen molar-refractivity contribution in [2.24, 2.45) is 0 Å². The van der Waals surface area contributed by atoms with Crippen LogP contribution in [0.4, 0.5) is 17.3 Å². The molecule has 14 heteroatoms. The second kappa shape index (κ2) is 15.2. The molecule has 0 spiro atoms. The largest absolute Gasteiger partial charge is 0.354 e. The summed E-state index contributed by atoms with van der Waals surface area (Å²) in [4.78, 5) is 53.2. The number of fused-ring (bicyclic) bond motifs is 2. The second-order valence-corrected chi connectivity index (χ2v) is 15.8. The van der Waals surface area contributed by atoms with Crippen LogP contribution in [0.1, 0.15) is 49.8 Å². The molecule has 6 heterocycles. The third kappa shape index (κ3) is 7.21. The third-order valence-corrected chi connectivity index (χ3v) is 11.5. The molecule has 292 valence electrons. The molecule has 0 saturated carbocycles. The minimum atomic E-state index is -0.274. The number of amides is 2. The number of hydrogen-bond acceptors (Lipinski definition) is 7. The van der Waals surface area contributed by atoms with Gasteiger partial charge in [-0.15, -0.1) is 0 Å². The number of anilines is 3. The van der Waals surface area contributed by atoms with Crippen molar-refractivity contribution in [3.05, 3.63) is 166 Å². The van der Waals surface area contributed by atoms with Gasteiger partial charge in [-0.2, -0.15) is 4.57 Å². The predicted octanol–water partition coefficient (Wildman–Crippen LogP) is 7.81. The molecule has 0 unspecified atom stereocenters. The van der Waals surface area contributed by atoms with Crippen LogP contribution in [0, 0.1) is 0 Å². The van der Waals surface area contributed by atoms with E-state index in [1.165, 1.54) is 0 Å². The first kappa shape index (κ1) is 36.6. The molecule has 2 amide bonds. The lowest BCUT2D eigenvalue weighted by Crippen LogP contribution is -2.52. The van der Waals surface area contributed by atoms with Crippen molar-refractivity contribution in [3.8, 4) is 5.69 Å². The molecule has 2 saturated heterocycles. The smallest absolute Gasteiger partial charge is 0.294 e. The van der Waals surface area contributed by atoms with Crippen molar-refractivity contribution < 1.29 is 14.2 Å². The van der Waals surface area contributed by atoms with Gasteiger partial charge in [0, 0.05) is 47.6 Å². The molecule has 4 aromatic heterocycles. The van der Waals surface area contributed by atoms with E-state index in [1.807, 2.05) is 114 Å². The van der Waals surface area contributed by atoms with Crippen molar-refractivity contribution in [1.82, 2.24) is 30.2 Å². The van der Waals surface area contributed by atoms with Crippen molar-refractivity contribution in [2.45, 2.75) is 18.4 Å². The van der Waals surface area contributed by atoms with Gasteiger partial charge in [0.25, 0.3) is 17.6 Å². The number of carbonyl (C=O) groups excluding carboxylic acids is 2. The van der Waals surface area contributed by atoms with Crippen LogP contribution >= 0.6 is 23.2 Å². The molecule has 12 nitrogen and oxygen atoms in total. The summed E-state index contributed by atoms with van der Waals surface area (Å²) in [6, 6.07) is 36.0. The summed E-state index contributed by atoms with van der Waals surface area (Å²) < 4.78 is 2.00. The van der Waals surface area contributed by atoms with E-state index < -0.39 is 0 Å². The van der Waals surface area contributed by atoms with Crippen LogP contribution in [0.5, 0.6) is 0 Å². The number of imidazole rings is 2. The van der Waals surface area contributed by atoms with Crippen molar-refractivity contribution in [1.29, 1.82) is 0 Å². The maximum atomic E-state index is 14.0. The molecule has 4 aromatic carbocycles. The Morgan fingerprint density at radius 1 is 0.695 bits per heavy atom. The SMILES string of the molecule is O=C(Nc1cccc(-[n+]2cccc(C(=O)NCc3ccccc3)c2N2CC(c3nc4ccc(Cl)cc4[nH]3)C2)c1)c1cccnc1N1CC(c2nc3ccc(Cl)cc3[nH]2)C1. The molecule has 4 N–H and O–H groups in total. The zero-order valence-electron chi connectivity index (χ0n) is 31.6. The lowest BCUT2D eigenvalue weighted by atomic mass is 9.98. The number of aromatic amines is 2. The van der Waals surface area contributed by atoms with Crippen molar-refractivity contribution in [2.75, 3.05) is 41.3 Å². The molecule has 0 atom stereocenters. The van der Waals surface area contributed by atoms with Gasteiger partial charge in [0.05, 0.1) is 58.8 Å². The number of nitrogens with zero attached hydrogens (tertiary/aromatic N) is 6. The van der Waals surface area contributed by atoms with E-state index >= 15 is 0 Å². The Balaban J connectivity index is 0.898. The Morgan fingerprint density at radius 2 is 1.36 bits per heavy atom. The van der Waals surface area contributed by atoms with Crippen LogP contribution in [-0.4, -0.2) is 62.9 Å². The Labute approximate surface area is 348 Å². The van der Waals surface area contributed by atoms with Gasteiger partial charge in [-0.1, -0.05) is 59.6 Å². The van der Waals surface area contributed by atoms with Gasteiger partial charge in [-0.25, -0.2) is 15.0 Å². The molecule has 2 aliphatic heterocycles. The summed E-state index contributed by atoms with van der Waals surface area (Å²) in [6.45, 7) is 3.00. The first-order valence-electron chi connectivity index (χ1n) is 19.4. The minimum absolute atomic E-state index is 0.119. The highest BCUT2D eigenvalue weighted by molar-refractivity contribution is 6.31. The summed E-state index contributed by atoms with van der Waals surface area (Å²) in [5.41, 5.74) is 6.91. The average molecular weight is 821 g/mol. The number of carbonyl (C=O) groups is 2. The molecule has 8 aromatic rings. The Kier molecular flexibility index (Phi) is 9.42. The van der Waals surface area contributed by atoms with Gasteiger partial charge in [0.1, 0.15) is 28.7 Å². The average Bonchev–Trinajstić information content (AvgIpc) is 3.83. The second-order valence-electron chi connectivity index (χ2n) is 14.9. The summed E-state index contributed by atoms with van der Waals surface area (Å²) in [5, 5.41) is 7.53. The van der Waals surface area contributed by atoms with Gasteiger partial charge in [-0.05, 0) is 78.4 Å². The summed E-state index contributed by atoms with van der Waals surface area (Å²) in [6.07, 6.45) is 3.64. The number of aromatic nitrogens is 6. The van der Waals surface area contributed by atoms with Crippen LogP contribution in [0.3, 0.4) is 0 Å². The van der Waals surface area contributed by atoms with Gasteiger partial charge in [0.2, 0.25) is 0 Å². The lowest BCUT2D eigenvalue weighted by molar-refractivity contribution is -0.583. The fraction of sp³-hybridized carbons (Fsp3) is 0.156. The molecular weight excluding hydrogens is 783 g/mol. The maximum Gasteiger partial charge on any atom is 0.294 e. The molecule has 0 radical (unpaired) electrons. The first-order valence-corrected chi connectivity index (χ1v) is 20.1. The van der Waals surface area contributed by atoms with Crippen LogP contribution in [0.15, 0.2) is 128 Å². The van der Waals surface area contributed by atoms with Crippen LogP contribution in [0.2, 0.25) is 10.0 Å². The number of pyridine rings is 2. The molecule has 10 rings (SSSR count). The van der Waals surface area contributed by atoms with Crippen molar-refractivity contribution >= 4 is 74.4 Å². The molecule has 2 fully saturated rings. The molecule has 59 heavy (non-hydrogen) atoms. The number of hydrogen-bond donors (Lipinski definition) is 4. The van der Waals surface area contributed by atoms with Crippen molar-refractivity contribution in [3.63, 3.8) is 0 Å².